The topological polar surface area (TPSA) is 43.9 Å². The van der Waals surface area contributed by atoms with Gasteiger partial charge < -0.3 is 9.80 Å². The number of alkyl halides is 2. The molecule has 1 saturated carbocycles. The van der Waals surface area contributed by atoms with Crippen molar-refractivity contribution in [2.75, 3.05) is 32.7 Å². The van der Waals surface area contributed by atoms with Crippen LogP contribution in [0.25, 0.3) is 0 Å². The zero-order valence-corrected chi connectivity index (χ0v) is 19.1. The highest BCUT2D eigenvalue weighted by Gasteiger charge is 2.39. The van der Waals surface area contributed by atoms with Crippen molar-refractivity contribution in [3.8, 4) is 0 Å². The van der Waals surface area contributed by atoms with E-state index in [1.54, 1.807) is 0 Å². The fourth-order valence-corrected chi connectivity index (χ4v) is 5.19. The molecular weight excluding hydrogens is 388 g/mol. The maximum absolute atomic E-state index is 13.3. The van der Waals surface area contributed by atoms with E-state index >= 15 is 0 Å². The van der Waals surface area contributed by atoms with Crippen LogP contribution in [0.3, 0.4) is 0 Å². The lowest BCUT2D eigenvalue weighted by molar-refractivity contribution is -0.145. The number of rotatable bonds is 4. The Morgan fingerprint density at radius 1 is 1.00 bits per heavy atom. The summed E-state index contributed by atoms with van der Waals surface area (Å²) in [4.78, 5) is 31.9. The van der Waals surface area contributed by atoms with Crippen LogP contribution in [0.1, 0.15) is 72.6 Å². The number of hydrogen-bond donors (Lipinski definition) is 0. The van der Waals surface area contributed by atoms with Gasteiger partial charge >= 0.3 is 0 Å². The van der Waals surface area contributed by atoms with E-state index in [0.717, 1.165) is 19.5 Å². The molecule has 0 N–H and O–H groups in total. The van der Waals surface area contributed by atoms with Crippen molar-refractivity contribution in [3.05, 3.63) is 0 Å². The second-order valence-electron chi connectivity index (χ2n) is 10.7. The second-order valence-corrected chi connectivity index (χ2v) is 10.7. The molecule has 2 aliphatic heterocycles. The van der Waals surface area contributed by atoms with Crippen LogP contribution < -0.4 is 0 Å². The number of nitrogens with zero attached hydrogens (tertiary/aromatic N) is 3. The van der Waals surface area contributed by atoms with Crippen molar-refractivity contribution >= 4 is 11.8 Å². The molecule has 5 nitrogen and oxygen atoms in total. The highest BCUT2D eigenvalue weighted by atomic mass is 19.3. The zero-order chi connectivity index (χ0) is 22.1. The Balaban J connectivity index is 1.43. The summed E-state index contributed by atoms with van der Waals surface area (Å²) in [5.41, 5.74) is 0.0833. The van der Waals surface area contributed by atoms with Crippen LogP contribution in [-0.4, -0.2) is 76.7 Å². The molecule has 3 fully saturated rings. The third-order valence-electron chi connectivity index (χ3n) is 7.35. The molecule has 0 bridgehead atoms. The van der Waals surface area contributed by atoms with Crippen molar-refractivity contribution in [1.82, 2.24) is 14.7 Å². The minimum Gasteiger partial charge on any atom is -0.339 e. The Hall–Kier alpha value is -1.24. The molecule has 2 atom stereocenters. The number of amides is 2. The number of carbonyl (C=O) groups excluding carboxylic acids is 2. The largest absolute Gasteiger partial charge is 0.339 e. The quantitative estimate of drug-likeness (QED) is 0.686. The monoisotopic (exact) mass is 427 g/mol. The van der Waals surface area contributed by atoms with Crippen LogP contribution in [0.4, 0.5) is 8.78 Å². The van der Waals surface area contributed by atoms with E-state index in [0.29, 0.717) is 45.3 Å². The van der Waals surface area contributed by atoms with E-state index in [1.807, 2.05) is 16.7 Å². The summed E-state index contributed by atoms with van der Waals surface area (Å²) in [5.74, 6) is -1.89. The molecule has 1 aliphatic carbocycles. The van der Waals surface area contributed by atoms with Gasteiger partial charge in [-0.25, -0.2) is 8.78 Å². The first-order valence-electron chi connectivity index (χ1n) is 11.7. The first-order valence-corrected chi connectivity index (χ1v) is 11.7. The van der Waals surface area contributed by atoms with Crippen LogP contribution in [0.5, 0.6) is 0 Å². The van der Waals surface area contributed by atoms with Crippen molar-refractivity contribution in [2.45, 2.75) is 90.1 Å². The predicted octanol–water partition coefficient (Wildman–Crippen LogP) is 3.77. The van der Waals surface area contributed by atoms with Crippen LogP contribution in [0, 0.1) is 11.8 Å². The normalized spacial score (nSPS) is 28.7. The van der Waals surface area contributed by atoms with Gasteiger partial charge in [-0.1, -0.05) is 0 Å². The summed E-state index contributed by atoms with van der Waals surface area (Å²) < 4.78 is 26.6. The summed E-state index contributed by atoms with van der Waals surface area (Å²) >= 11 is 0. The minimum atomic E-state index is -2.51. The Kier molecular flexibility index (Phi) is 7.10. The molecule has 2 heterocycles. The number of carbonyl (C=O) groups is 2. The Morgan fingerprint density at radius 2 is 1.67 bits per heavy atom. The van der Waals surface area contributed by atoms with Crippen molar-refractivity contribution in [1.29, 1.82) is 0 Å². The predicted molar refractivity (Wildman–Crippen MR) is 113 cm³/mol. The summed E-state index contributed by atoms with van der Waals surface area (Å²) in [6, 6.07) is 0.0206. The van der Waals surface area contributed by atoms with Gasteiger partial charge in [0.2, 0.25) is 17.7 Å². The van der Waals surface area contributed by atoms with Gasteiger partial charge in [0.05, 0.1) is 5.92 Å². The van der Waals surface area contributed by atoms with E-state index < -0.39 is 5.92 Å². The third kappa shape index (κ3) is 5.71. The smallest absolute Gasteiger partial charge is 0.248 e. The van der Waals surface area contributed by atoms with Gasteiger partial charge in [-0.05, 0) is 65.8 Å². The van der Waals surface area contributed by atoms with E-state index in [-0.39, 0.29) is 48.1 Å². The molecule has 0 radical (unpaired) electrons. The number of hydrogen-bond acceptors (Lipinski definition) is 3. The molecule has 3 aliphatic rings. The van der Waals surface area contributed by atoms with E-state index in [1.165, 1.54) is 0 Å². The molecule has 172 valence electrons. The molecule has 2 saturated heterocycles. The van der Waals surface area contributed by atoms with Crippen molar-refractivity contribution < 1.29 is 18.4 Å². The fourth-order valence-electron chi connectivity index (χ4n) is 5.19. The van der Waals surface area contributed by atoms with E-state index in [2.05, 4.69) is 25.7 Å². The average molecular weight is 428 g/mol. The summed E-state index contributed by atoms with van der Waals surface area (Å²) in [5, 5.41) is 0. The van der Waals surface area contributed by atoms with Crippen LogP contribution in [-0.2, 0) is 9.59 Å². The molecule has 3 rings (SSSR count). The summed E-state index contributed by atoms with van der Waals surface area (Å²) in [7, 11) is 0. The Bertz CT molecular complexity index is 624. The zero-order valence-electron chi connectivity index (χ0n) is 19.1. The van der Waals surface area contributed by atoms with Crippen molar-refractivity contribution in [3.63, 3.8) is 0 Å². The lowest BCUT2D eigenvalue weighted by atomic mass is 9.84. The number of likely N-dealkylation sites (tertiary alicyclic amines) is 1. The average Bonchev–Trinajstić information content (AvgIpc) is 3.17. The van der Waals surface area contributed by atoms with E-state index in [4.69, 9.17) is 0 Å². The Morgan fingerprint density at radius 3 is 2.23 bits per heavy atom. The fraction of sp³-hybridized carbons (Fsp3) is 0.913. The number of halogens is 2. The van der Waals surface area contributed by atoms with Crippen LogP contribution >= 0.6 is 0 Å². The molecule has 0 spiro atoms. The lowest BCUT2D eigenvalue weighted by Crippen LogP contribution is -2.57. The SMILES string of the molecule is C[C@H]1CN(C(=O)CCC2CCC(F)(F)CC2)CCN1C(=O)[C@H]1CCN(C(C)(C)C)C1. The minimum absolute atomic E-state index is 0.0206. The second kappa shape index (κ2) is 9.09. The molecular formula is C23H39F2N3O2. The maximum atomic E-state index is 13.3. The molecule has 0 aromatic rings. The standard InChI is InChI=1S/C23H39F2N3O2/c1-17-15-26(20(29)6-5-18-7-10-23(24,25)11-8-18)13-14-28(17)21(30)19-9-12-27(16-19)22(2,3)4/h17-19H,5-16H2,1-4H3/t17-,19-/m0/s1. The van der Waals surface area contributed by atoms with Gasteiger partial charge in [-0.15, -0.1) is 0 Å². The lowest BCUT2D eigenvalue weighted by Gasteiger charge is -2.41. The number of piperazine rings is 1. The molecule has 0 aromatic heterocycles. The first kappa shape index (κ1) is 23.4. The maximum Gasteiger partial charge on any atom is 0.248 e. The van der Waals surface area contributed by atoms with E-state index in [9.17, 15) is 18.4 Å². The molecule has 7 heteroatoms. The van der Waals surface area contributed by atoms with Crippen molar-refractivity contribution in [2.24, 2.45) is 11.8 Å². The van der Waals surface area contributed by atoms with Gasteiger partial charge in [0.15, 0.2) is 0 Å². The molecule has 30 heavy (non-hydrogen) atoms. The van der Waals surface area contributed by atoms with Gasteiger partial charge in [0, 0.05) is 57.0 Å². The first-order chi connectivity index (χ1) is 14.0. The van der Waals surface area contributed by atoms with Crippen LogP contribution in [0.15, 0.2) is 0 Å². The Labute approximate surface area is 180 Å². The molecule has 0 aromatic carbocycles. The van der Waals surface area contributed by atoms with Gasteiger partial charge in [0.1, 0.15) is 0 Å². The van der Waals surface area contributed by atoms with Crippen LogP contribution in [0.2, 0.25) is 0 Å². The van der Waals surface area contributed by atoms with Gasteiger partial charge in [-0.2, -0.15) is 0 Å². The highest BCUT2D eigenvalue weighted by molar-refractivity contribution is 5.81. The van der Waals surface area contributed by atoms with Gasteiger partial charge in [0.25, 0.3) is 0 Å². The molecule has 0 unspecified atom stereocenters. The molecule has 2 amide bonds. The highest BCUT2D eigenvalue weighted by Crippen LogP contribution is 2.38. The van der Waals surface area contributed by atoms with Gasteiger partial charge in [-0.3, -0.25) is 14.5 Å². The third-order valence-corrected chi connectivity index (χ3v) is 7.35. The summed E-state index contributed by atoms with van der Waals surface area (Å²) in [6.45, 7) is 12.1. The summed E-state index contributed by atoms with van der Waals surface area (Å²) in [6.07, 6.45) is 2.99.